The predicted octanol–water partition coefficient (Wildman–Crippen LogP) is 15.6. The summed E-state index contributed by atoms with van der Waals surface area (Å²) in [6.07, 6.45) is 0. The zero-order chi connectivity index (χ0) is 36.3. The first-order valence-corrected chi connectivity index (χ1v) is 19.5. The first-order valence-electron chi connectivity index (χ1n) is 18.7. The summed E-state index contributed by atoms with van der Waals surface area (Å²) in [6, 6.07) is 72.1. The van der Waals surface area contributed by atoms with Gasteiger partial charge in [-0.1, -0.05) is 140 Å². The van der Waals surface area contributed by atoms with Crippen molar-refractivity contribution in [3.05, 3.63) is 200 Å². The van der Waals surface area contributed by atoms with Crippen LogP contribution in [0.5, 0.6) is 0 Å². The van der Waals surface area contributed by atoms with Crippen LogP contribution in [-0.4, -0.2) is 0 Å². The number of thiophene rings is 1. The molecular formula is C52H33NOS. The third-order valence-electron chi connectivity index (χ3n) is 10.9. The topological polar surface area (TPSA) is 16.4 Å². The second kappa shape index (κ2) is 12.9. The van der Waals surface area contributed by atoms with Crippen molar-refractivity contribution in [1.82, 2.24) is 0 Å². The van der Waals surface area contributed by atoms with Gasteiger partial charge in [-0.25, -0.2) is 0 Å². The zero-order valence-electron chi connectivity index (χ0n) is 29.8. The van der Waals surface area contributed by atoms with Gasteiger partial charge in [0.05, 0.1) is 11.1 Å². The van der Waals surface area contributed by atoms with Gasteiger partial charge in [-0.15, -0.1) is 11.3 Å². The van der Waals surface area contributed by atoms with Crippen LogP contribution in [-0.2, 0) is 0 Å². The standard InChI is InChI=1S/C52H33NOS/c1-2-9-34(10-3-1)35-17-19-36(20-18-35)37-21-27-41(28-22-37)53(47-14-8-15-48-51(47)45-31-25-39-11-4-5-12-43(39)52(45)54-48)42-29-23-38(24-30-42)40-26-32-50-46(33-40)44-13-6-7-16-49(44)55-50/h1-33H. The van der Waals surface area contributed by atoms with Crippen LogP contribution in [0.25, 0.3) is 86.3 Å². The second-order valence-corrected chi connectivity index (χ2v) is 15.2. The van der Waals surface area contributed by atoms with E-state index in [0.717, 1.165) is 44.4 Å². The number of hydrogen-bond acceptors (Lipinski definition) is 3. The van der Waals surface area contributed by atoms with Crippen molar-refractivity contribution in [1.29, 1.82) is 0 Å². The van der Waals surface area contributed by atoms with E-state index in [0.29, 0.717) is 0 Å². The number of furan rings is 1. The Morgan fingerprint density at radius 2 is 0.927 bits per heavy atom. The molecule has 0 aliphatic rings. The highest BCUT2D eigenvalue weighted by molar-refractivity contribution is 7.25. The van der Waals surface area contributed by atoms with Crippen LogP contribution in [0.2, 0.25) is 0 Å². The average molecular weight is 720 g/mol. The SMILES string of the molecule is c1ccc(-c2ccc(-c3ccc(N(c4ccc(-c5ccc6sc7ccccc7c6c5)cc4)c4cccc5oc6c7ccccc7ccc6c45)cc3)cc2)cc1. The van der Waals surface area contributed by atoms with E-state index in [9.17, 15) is 0 Å². The lowest BCUT2D eigenvalue weighted by molar-refractivity contribution is 0.672. The summed E-state index contributed by atoms with van der Waals surface area (Å²) >= 11 is 1.85. The van der Waals surface area contributed by atoms with E-state index in [2.05, 4.69) is 205 Å². The summed E-state index contributed by atoms with van der Waals surface area (Å²) in [7, 11) is 0. The summed E-state index contributed by atoms with van der Waals surface area (Å²) in [5.41, 5.74) is 12.2. The Balaban J connectivity index is 1.03. The lowest BCUT2D eigenvalue weighted by Crippen LogP contribution is -2.10. The maximum atomic E-state index is 6.66. The van der Waals surface area contributed by atoms with Gasteiger partial charge in [-0.3, -0.25) is 0 Å². The van der Waals surface area contributed by atoms with E-state index in [1.807, 2.05) is 11.3 Å². The van der Waals surface area contributed by atoms with Gasteiger partial charge in [0.15, 0.2) is 0 Å². The van der Waals surface area contributed by atoms with Crippen LogP contribution in [0.15, 0.2) is 205 Å². The van der Waals surface area contributed by atoms with Crippen LogP contribution >= 0.6 is 11.3 Å². The van der Waals surface area contributed by atoms with Crippen molar-refractivity contribution in [3.8, 4) is 33.4 Å². The van der Waals surface area contributed by atoms with Gasteiger partial charge in [0.25, 0.3) is 0 Å². The van der Waals surface area contributed by atoms with Gasteiger partial charge in [-0.05, 0) is 99.4 Å². The maximum absolute atomic E-state index is 6.66. The van der Waals surface area contributed by atoms with E-state index in [1.165, 1.54) is 58.9 Å². The third-order valence-corrected chi connectivity index (χ3v) is 12.0. The molecule has 3 heteroatoms. The molecule has 0 unspecified atom stereocenters. The highest BCUT2D eigenvalue weighted by atomic mass is 32.1. The molecule has 0 aliphatic carbocycles. The van der Waals surface area contributed by atoms with Crippen LogP contribution < -0.4 is 4.90 Å². The molecule has 55 heavy (non-hydrogen) atoms. The number of benzene rings is 9. The minimum atomic E-state index is 0.872. The maximum Gasteiger partial charge on any atom is 0.143 e. The second-order valence-electron chi connectivity index (χ2n) is 14.1. The molecule has 0 bridgehead atoms. The van der Waals surface area contributed by atoms with Crippen LogP contribution in [0.1, 0.15) is 0 Å². The first-order chi connectivity index (χ1) is 27.2. The Hall–Kier alpha value is -6.94. The fourth-order valence-electron chi connectivity index (χ4n) is 8.15. The van der Waals surface area contributed by atoms with Crippen molar-refractivity contribution >= 4 is 81.3 Å². The van der Waals surface area contributed by atoms with E-state index >= 15 is 0 Å². The molecule has 2 nitrogen and oxygen atoms in total. The van der Waals surface area contributed by atoms with E-state index < -0.39 is 0 Å². The molecule has 0 aliphatic heterocycles. The quantitative estimate of drug-likeness (QED) is 0.170. The van der Waals surface area contributed by atoms with Crippen molar-refractivity contribution in [2.45, 2.75) is 0 Å². The van der Waals surface area contributed by atoms with Gasteiger partial charge in [0.2, 0.25) is 0 Å². The molecule has 0 atom stereocenters. The van der Waals surface area contributed by atoms with Gasteiger partial charge in [0.1, 0.15) is 11.2 Å². The molecule has 2 aromatic heterocycles. The predicted molar refractivity (Wildman–Crippen MR) is 235 cm³/mol. The summed E-state index contributed by atoms with van der Waals surface area (Å²) in [6.45, 7) is 0. The van der Waals surface area contributed by atoms with Crippen molar-refractivity contribution < 1.29 is 4.42 Å². The van der Waals surface area contributed by atoms with Crippen molar-refractivity contribution in [2.75, 3.05) is 4.90 Å². The number of hydrogen-bond donors (Lipinski definition) is 0. The van der Waals surface area contributed by atoms with Crippen molar-refractivity contribution in [3.63, 3.8) is 0 Å². The fraction of sp³-hybridized carbons (Fsp3) is 0. The zero-order valence-corrected chi connectivity index (χ0v) is 30.6. The smallest absolute Gasteiger partial charge is 0.143 e. The lowest BCUT2D eigenvalue weighted by atomic mass is 9.99. The molecule has 0 amide bonds. The van der Waals surface area contributed by atoms with E-state index in [4.69, 9.17) is 4.42 Å². The fourth-order valence-corrected chi connectivity index (χ4v) is 9.23. The van der Waals surface area contributed by atoms with Gasteiger partial charge in [0, 0.05) is 42.3 Å². The molecule has 0 saturated heterocycles. The molecule has 2 heterocycles. The van der Waals surface area contributed by atoms with Crippen LogP contribution in [0, 0.1) is 0 Å². The van der Waals surface area contributed by atoms with Gasteiger partial charge < -0.3 is 9.32 Å². The minimum absolute atomic E-state index is 0.872. The van der Waals surface area contributed by atoms with E-state index in [-0.39, 0.29) is 0 Å². The number of fused-ring (bicyclic) bond motifs is 8. The summed E-state index contributed by atoms with van der Waals surface area (Å²) in [5, 5.41) is 7.13. The highest BCUT2D eigenvalue weighted by Gasteiger charge is 2.21. The summed E-state index contributed by atoms with van der Waals surface area (Å²) in [5.74, 6) is 0. The van der Waals surface area contributed by atoms with Crippen LogP contribution in [0.4, 0.5) is 17.1 Å². The third kappa shape index (κ3) is 5.40. The number of nitrogens with zero attached hydrogens (tertiary/aromatic N) is 1. The highest BCUT2D eigenvalue weighted by Crippen LogP contribution is 2.45. The Bertz CT molecular complexity index is 3170. The minimum Gasteiger partial charge on any atom is -0.455 e. The monoisotopic (exact) mass is 719 g/mol. The molecule has 11 rings (SSSR count). The Morgan fingerprint density at radius 3 is 1.65 bits per heavy atom. The molecule has 0 saturated carbocycles. The molecule has 0 spiro atoms. The number of anilines is 3. The van der Waals surface area contributed by atoms with Crippen LogP contribution in [0.3, 0.4) is 0 Å². The summed E-state index contributed by atoms with van der Waals surface area (Å²) < 4.78 is 9.30. The van der Waals surface area contributed by atoms with Crippen molar-refractivity contribution in [2.24, 2.45) is 0 Å². The largest absolute Gasteiger partial charge is 0.455 e. The van der Waals surface area contributed by atoms with Gasteiger partial charge in [-0.2, -0.15) is 0 Å². The first kappa shape index (κ1) is 31.6. The molecular weight excluding hydrogens is 687 g/mol. The lowest BCUT2D eigenvalue weighted by Gasteiger charge is -2.26. The molecule has 0 N–H and O–H groups in total. The molecule has 0 fully saturated rings. The normalized spacial score (nSPS) is 11.6. The number of rotatable bonds is 6. The molecule has 9 aromatic carbocycles. The average Bonchev–Trinajstić information content (AvgIpc) is 3.84. The summed E-state index contributed by atoms with van der Waals surface area (Å²) in [4.78, 5) is 2.37. The molecule has 258 valence electrons. The van der Waals surface area contributed by atoms with Gasteiger partial charge >= 0.3 is 0 Å². The molecule has 11 aromatic rings. The Morgan fingerprint density at radius 1 is 0.364 bits per heavy atom. The van der Waals surface area contributed by atoms with E-state index in [1.54, 1.807) is 0 Å². The molecule has 0 radical (unpaired) electrons. The Kier molecular flexibility index (Phi) is 7.39. The Labute approximate surface area is 322 Å².